The Labute approximate surface area is 301 Å². The zero-order chi connectivity index (χ0) is 34.4. The lowest BCUT2D eigenvalue weighted by Gasteiger charge is -2.27. The Morgan fingerprint density at radius 2 is 0.808 bits per heavy atom. The summed E-state index contributed by atoms with van der Waals surface area (Å²) in [7, 11) is 0. The first kappa shape index (κ1) is 29.8. The molecular formula is C47H31N5. The first-order valence-corrected chi connectivity index (χ1v) is 17.5. The summed E-state index contributed by atoms with van der Waals surface area (Å²) in [5.41, 5.74) is 11.9. The van der Waals surface area contributed by atoms with Crippen LogP contribution in [0.1, 0.15) is 11.1 Å². The van der Waals surface area contributed by atoms with E-state index in [1.165, 1.54) is 21.8 Å². The van der Waals surface area contributed by atoms with E-state index in [4.69, 9.17) is 15.0 Å². The number of rotatable bonds is 5. The van der Waals surface area contributed by atoms with Crippen molar-refractivity contribution in [2.45, 2.75) is 0 Å². The number of aromatic nitrogens is 4. The van der Waals surface area contributed by atoms with Crippen molar-refractivity contribution in [2.24, 2.45) is 0 Å². The molecule has 9 aromatic rings. The van der Waals surface area contributed by atoms with E-state index in [1.54, 1.807) is 0 Å². The van der Waals surface area contributed by atoms with Crippen LogP contribution in [-0.4, -0.2) is 19.5 Å². The minimum atomic E-state index is 0.633. The molecule has 0 unspecified atom stereocenters. The highest BCUT2D eigenvalue weighted by atomic mass is 15.1. The molecule has 0 N–H and O–H groups in total. The van der Waals surface area contributed by atoms with Crippen LogP contribution in [0.4, 0.5) is 17.1 Å². The van der Waals surface area contributed by atoms with E-state index in [9.17, 15) is 0 Å². The van der Waals surface area contributed by atoms with Crippen molar-refractivity contribution in [2.75, 3.05) is 4.90 Å². The van der Waals surface area contributed by atoms with Gasteiger partial charge in [0.25, 0.3) is 0 Å². The van der Waals surface area contributed by atoms with Crippen LogP contribution in [0.2, 0.25) is 0 Å². The molecular weight excluding hydrogens is 635 g/mol. The van der Waals surface area contributed by atoms with Gasteiger partial charge in [-0.25, -0.2) is 15.0 Å². The van der Waals surface area contributed by atoms with Gasteiger partial charge in [0, 0.05) is 44.4 Å². The number of anilines is 3. The zero-order valence-corrected chi connectivity index (χ0v) is 28.1. The summed E-state index contributed by atoms with van der Waals surface area (Å²) >= 11 is 0. The van der Waals surface area contributed by atoms with Crippen molar-refractivity contribution < 1.29 is 0 Å². The Hall–Kier alpha value is -7.11. The van der Waals surface area contributed by atoms with Crippen LogP contribution in [-0.2, 0) is 0 Å². The van der Waals surface area contributed by atoms with E-state index in [1.807, 2.05) is 60.7 Å². The molecule has 0 radical (unpaired) electrons. The summed E-state index contributed by atoms with van der Waals surface area (Å²) in [5.74, 6) is 1.93. The Bertz CT molecular complexity index is 2670. The highest BCUT2D eigenvalue weighted by Crippen LogP contribution is 2.43. The van der Waals surface area contributed by atoms with Gasteiger partial charge in [0.2, 0.25) is 0 Å². The van der Waals surface area contributed by atoms with Gasteiger partial charge >= 0.3 is 0 Å². The number of fused-ring (bicyclic) bond motifs is 5. The molecule has 5 heteroatoms. The average molecular weight is 666 g/mol. The third kappa shape index (κ3) is 5.07. The summed E-state index contributed by atoms with van der Waals surface area (Å²) in [6.07, 6.45) is 4.46. The smallest absolute Gasteiger partial charge is 0.164 e. The molecule has 1 aliphatic rings. The second-order valence-corrected chi connectivity index (χ2v) is 12.9. The standard InChI is InChI=1S/C47H31N5/c1-3-14-33(15-4-1)45-48-46(34-16-5-2-6-17-34)50-47(49-45)35-25-27-37(28-26-35)51-41-20-10-7-13-32(41)23-24-36-31-38(29-30-42(36)51)52-43-21-11-8-18-39(43)40-19-9-12-22-44(40)52/h1-31H. The van der Waals surface area contributed by atoms with E-state index in [0.717, 1.165) is 50.6 Å². The predicted octanol–water partition coefficient (Wildman–Crippen LogP) is 11.9. The van der Waals surface area contributed by atoms with Gasteiger partial charge in [-0.05, 0) is 66.2 Å². The fourth-order valence-electron chi connectivity index (χ4n) is 7.34. The maximum atomic E-state index is 4.96. The molecule has 0 fully saturated rings. The SMILES string of the molecule is C1=Cc2cc(-n3c4ccccc4c4ccccc43)ccc2N(c2ccc(-c3nc(-c4ccccc4)nc(-c4ccccc4)n3)cc2)c2ccccc21. The molecule has 0 aliphatic carbocycles. The number of hydrogen-bond acceptors (Lipinski definition) is 4. The van der Waals surface area contributed by atoms with E-state index >= 15 is 0 Å². The van der Waals surface area contributed by atoms with Gasteiger partial charge in [0.15, 0.2) is 17.5 Å². The number of hydrogen-bond donors (Lipinski definition) is 0. The fraction of sp³-hybridized carbons (Fsp3) is 0. The molecule has 5 nitrogen and oxygen atoms in total. The van der Waals surface area contributed by atoms with E-state index in [0.29, 0.717) is 17.5 Å². The maximum absolute atomic E-state index is 4.96. The summed E-state index contributed by atoms with van der Waals surface area (Å²) in [5, 5.41) is 2.50. The molecule has 244 valence electrons. The highest BCUT2D eigenvalue weighted by molar-refractivity contribution is 6.09. The number of benzene rings is 7. The summed E-state index contributed by atoms with van der Waals surface area (Å²) < 4.78 is 2.37. The molecule has 0 spiro atoms. The molecule has 0 saturated heterocycles. The minimum Gasteiger partial charge on any atom is -0.309 e. The molecule has 1 aliphatic heterocycles. The fourth-order valence-corrected chi connectivity index (χ4v) is 7.34. The summed E-state index contributed by atoms with van der Waals surface area (Å²) in [6.45, 7) is 0. The third-order valence-corrected chi connectivity index (χ3v) is 9.79. The second kappa shape index (κ2) is 12.3. The molecule has 0 bridgehead atoms. The largest absolute Gasteiger partial charge is 0.309 e. The molecule has 0 amide bonds. The van der Waals surface area contributed by atoms with Crippen molar-refractivity contribution in [1.29, 1.82) is 0 Å². The van der Waals surface area contributed by atoms with Gasteiger partial charge in [0.1, 0.15) is 0 Å². The topological polar surface area (TPSA) is 46.8 Å². The van der Waals surface area contributed by atoms with Crippen LogP contribution in [0.15, 0.2) is 176 Å². The van der Waals surface area contributed by atoms with Gasteiger partial charge in [-0.1, -0.05) is 127 Å². The Morgan fingerprint density at radius 1 is 0.346 bits per heavy atom. The predicted molar refractivity (Wildman–Crippen MR) is 214 cm³/mol. The van der Waals surface area contributed by atoms with Gasteiger partial charge in [-0.15, -0.1) is 0 Å². The Kier molecular flexibility index (Phi) is 7.07. The number of para-hydroxylation sites is 3. The van der Waals surface area contributed by atoms with Gasteiger partial charge in [-0.2, -0.15) is 0 Å². The normalized spacial score (nSPS) is 12.1. The minimum absolute atomic E-state index is 0.633. The van der Waals surface area contributed by atoms with Crippen LogP contribution >= 0.6 is 0 Å². The van der Waals surface area contributed by atoms with Crippen molar-refractivity contribution in [3.05, 3.63) is 187 Å². The first-order valence-electron chi connectivity index (χ1n) is 17.5. The average Bonchev–Trinajstić information content (AvgIpc) is 3.46. The first-order chi connectivity index (χ1) is 25.8. The molecule has 0 saturated carbocycles. The van der Waals surface area contributed by atoms with Crippen molar-refractivity contribution in [1.82, 2.24) is 19.5 Å². The maximum Gasteiger partial charge on any atom is 0.164 e. The molecule has 10 rings (SSSR count). The Balaban J connectivity index is 1.09. The summed E-state index contributed by atoms with van der Waals surface area (Å²) in [6, 6.07) is 61.4. The zero-order valence-electron chi connectivity index (χ0n) is 28.1. The lowest BCUT2D eigenvalue weighted by molar-refractivity contribution is 1.07. The van der Waals surface area contributed by atoms with Crippen LogP contribution < -0.4 is 4.90 Å². The van der Waals surface area contributed by atoms with Crippen LogP contribution in [0, 0.1) is 0 Å². The van der Waals surface area contributed by atoms with Gasteiger partial charge in [-0.3, -0.25) is 0 Å². The van der Waals surface area contributed by atoms with Crippen LogP contribution in [0.3, 0.4) is 0 Å². The van der Waals surface area contributed by atoms with Gasteiger partial charge < -0.3 is 9.47 Å². The van der Waals surface area contributed by atoms with E-state index in [2.05, 4.69) is 137 Å². The molecule has 2 aromatic heterocycles. The lowest BCUT2D eigenvalue weighted by atomic mass is 10.1. The molecule has 52 heavy (non-hydrogen) atoms. The third-order valence-electron chi connectivity index (χ3n) is 9.79. The number of nitrogens with zero attached hydrogens (tertiary/aromatic N) is 5. The quantitative estimate of drug-likeness (QED) is 0.184. The van der Waals surface area contributed by atoms with Crippen molar-refractivity contribution >= 4 is 51.0 Å². The van der Waals surface area contributed by atoms with Crippen LogP contribution in [0.5, 0.6) is 0 Å². The molecule has 7 aromatic carbocycles. The highest BCUT2D eigenvalue weighted by Gasteiger charge is 2.22. The molecule has 0 atom stereocenters. The second-order valence-electron chi connectivity index (χ2n) is 12.9. The summed E-state index contributed by atoms with van der Waals surface area (Å²) in [4.78, 5) is 17.1. The Morgan fingerprint density at radius 3 is 1.42 bits per heavy atom. The van der Waals surface area contributed by atoms with E-state index < -0.39 is 0 Å². The van der Waals surface area contributed by atoms with Gasteiger partial charge in [0.05, 0.1) is 22.4 Å². The van der Waals surface area contributed by atoms with Crippen LogP contribution in [0.25, 0.3) is 73.8 Å². The monoisotopic (exact) mass is 665 g/mol. The molecule has 3 heterocycles. The lowest BCUT2D eigenvalue weighted by Crippen LogP contribution is -2.12. The van der Waals surface area contributed by atoms with Crippen molar-refractivity contribution in [3.63, 3.8) is 0 Å². The van der Waals surface area contributed by atoms with Crippen molar-refractivity contribution in [3.8, 4) is 39.9 Å². The van der Waals surface area contributed by atoms with E-state index in [-0.39, 0.29) is 0 Å².